The zero-order valence-corrected chi connectivity index (χ0v) is 22.9. The number of anilines is 2. The number of imidazole rings is 1. The fourth-order valence-corrected chi connectivity index (χ4v) is 5.08. The van der Waals surface area contributed by atoms with Gasteiger partial charge in [-0.3, -0.25) is 9.58 Å². The number of ether oxygens (including phenoxy) is 2. The highest BCUT2D eigenvalue weighted by Crippen LogP contribution is 2.29. The molecule has 0 saturated carbocycles. The van der Waals surface area contributed by atoms with Crippen molar-refractivity contribution >= 4 is 22.8 Å². The molecule has 11 nitrogen and oxygen atoms in total. The number of para-hydroxylation sites is 2. The molecule has 2 aliphatic heterocycles. The maximum Gasteiger partial charge on any atom is 0.229 e. The molecule has 1 N–H and O–H groups in total. The molecule has 3 aromatic rings. The molecule has 2 saturated heterocycles. The van der Waals surface area contributed by atoms with Gasteiger partial charge in [-0.1, -0.05) is 12.1 Å². The molecule has 4 heterocycles. The van der Waals surface area contributed by atoms with Crippen LogP contribution in [-0.4, -0.2) is 95.4 Å². The van der Waals surface area contributed by atoms with Crippen molar-refractivity contribution in [3.05, 3.63) is 41.4 Å². The van der Waals surface area contributed by atoms with Crippen molar-refractivity contribution < 1.29 is 13.9 Å². The van der Waals surface area contributed by atoms with Crippen molar-refractivity contribution in [3.8, 4) is 5.82 Å². The van der Waals surface area contributed by atoms with Crippen molar-refractivity contribution in [2.24, 2.45) is 5.92 Å². The molecule has 0 spiro atoms. The average Bonchev–Trinajstić information content (AvgIpc) is 3.33. The number of alkyl halides is 1. The van der Waals surface area contributed by atoms with Crippen LogP contribution in [0, 0.1) is 11.1 Å². The number of halogens is 1. The summed E-state index contributed by atoms with van der Waals surface area (Å²) in [6.07, 6.45) is 0.391. The second-order valence-corrected chi connectivity index (χ2v) is 10.3. The number of hydrogen-bond donors (Lipinski definition) is 1. The topological polar surface area (TPSA) is 107 Å². The molecule has 2 fully saturated rings. The predicted octanol–water partition coefficient (Wildman–Crippen LogP) is 3.56. The third-order valence-electron chi connectivity index (χ3n) is 7.30. The highest BCUT2D eigenvalue weighted by Gasteiger charge is 2.29. The number of hydrogen-bond acceptors (Lipinski definition) is 10. The first-order chi connectivity index (χ1) is 18.9. The van der Waals surface area contributed by atoms with E-state index in [1.165, 1.54) is 6.92 Å². The van der Waals surface area contributed by atoms with Gasteiger partial charge in [0.15, 0.2) is 6.17 Å². The summed E-state index contributed by atoms with van der Waals surface area (Å²) in [5, 5.41) is 19.0. The van der Waals surface area contributed by atoms with Crippen LogP contribution in [0.1, 0.15) is 38.7 Å². The molecule has 1 aromatic carbocycles. The molecule has 0 bridgehead atoms. The van der Waals surface area contributed by atoms with Crippen molar-refractivity contribution in [1.82, 2.24) is 29.7 Å². The van der Waals surface area contributed by atoms with Crippen molar-refractivity contribution in [2.75, 3.05) is 69.9 Å². The molecular weight excluding hydrogens is 503 g/mol. The molecular formula is C27H38FN8O3-. The smallest absolute Gasteiger partial charge is 0.229 e. The molecule has 5 rings (SSSR count). The van der Waals surface area contributed by atoms with Gasteiger partial charge in [0, 0.05) is 64.5 Å². The SMILES string of the molecule is COCCCC(C)N([O-])N1CC(CNc2cc(-n3c(C(C)F)nc4ccccc43)nc(N3CCOCC3)n2)C1. The molecule has 0 aliphatic carbocycles. The third kappa shape index (κ3) is 6.30. The average molecular weight is 542 g/mol. The zero-order valence-electron chi connectivity index (χ0n) is 22.9. The van der Waals surface area contributed by atoms with Crippen LogP contribution in [0.2, 0.25) is 0 Å². The first kappa shape index (κ1) is 27.7. The second-order valence-electron chi connectivity index (χ2n) is 10.3. The van der Waals surface area contributed by atoms with E-state index in [2.05, 4.69) is 15.2 Å². The normalized spacial score (nSPS) is 18.5. The third-order valence-corrected chi connectivity index (χ3v) is 7.30. The molecule has 0 radical (unpaired) electrons. The van der Waals surface area contributed by atoms with Crippen LogP contribution in [0.3, 0.4) is 0 Å². The molecule has 2 aromatic heterocycles. The van der Waals surface area contributed by atoms with Gasteiger partial charge in [0.2, 0.25) is 5.95 Å². The van der Waals surface area contributed by atoms with E-state index in [1.807, 2.05) is 42.3 Å². The van der Waals surface area contributed by atoms with Crippen molar-refractivity contribution in [2.45, 2.75) is 38.9 Å². The number of hydrazine groups is 1. The number of methoxy groups -OCH3 is 1. The minimum Gasteiger partial charge on any atom is -0.771 e. The first-order valence-electron chi connectivity index (χ1n) is 13.7. The van der Waals surface area contributed by atoms with Crippen LogP contribution in [-0.2, 0) is 9.47 Å². The van der Waals surface area contributed by atoms with E-state index in [9.17, 15) is 9.60 Å². The van der Waals surface area contributed by atoms with Gasteiger partial charge in [-0.25, -0.2) is 9.37 Å². The Balaban J connectivity index is 1.33. The monoisotopic (exact) mass is 541 g/mol. The lowest BCUT2D eigenvalue weighted by molar-refractivity contribution is -0.0919. The van der Waals surface area contributed by atoms with E-state index < -0.39 is 6.17 Å². The van der Waals surface area contributed by atoms with Crippen LogP contribution in [0.5, 0.6) is 0 Å². The van der Waals surface area contributed by atoms with Gasteiger partial charge in [-0.05, 0) is 38.8 Å². The summed E-state index contributed by atoms with van der Waals surface area (Å²) in [5.74, 6) is 2.40. The van der Waals surface area contributed by atoms with Gasteiger partial charge in [0.1, 0.15) is 17.5 Å². The number of hydroxylamine groups is 1. The summed E-state index contributed by atoms with van der Waals surface area (Å²) in [7, 11) is 1.68. The lowest BCUT2D eigenvalue weighted by Crippen LogP contribution is -2.58. The summed E-state index contributed by atoms with van der Waals surface area (Å²) >= 11 is 0. The Labute approximate surface area is 228 Å². The summed E-state index contributed by atoms with van der Waals surface area (Å²) in [4.78, 5) is 16.3. The van der Waals surface area contributed by atoms with Gasteiger partial charge in [-0.15, -0.1) is 0 Å². The predicted molar refractivity (Wildman–Crippen MR) is 149 cm³/mol. The molecule has 212 valence electrons. The number of benzene rings is 1. The minimum absolute atomic E-state index is 0.0772. The minimum atomic E-state index is -1.27. The van der Waals surface area contributed by atoms with E-state index >= 15 is 0 Å². The standard InChI is InChI=1S/C27H38FN8O3/c1-19(7-6-12-38-3)36(37)34-17-21(18-34)16-29-24-15-25(32-27(31-24)33-10-13-39-14-11-33)35-23-9-5-4-8-22(23)30-26(35)20(2)28/h4-5,8-9,15,19-21H,6-7,10-14,16-18H2,1-3H3,(H,29,31,32)/q-1. The van der Waals surface area contributed by atoms with Crippen molar-refractivity contribution in [3.63, 3.8) is 0 Å². The Kier molecular flexibility index (Phi) is 8.88. The lowest BCUT2D eigenvalue weighted by Gasteiger charge is -2.52. The molecule has 2 aliphatic rings. The van der Waals surface area contributed by atoms with Crippen LogP contribution in [0.4, 0.5) is 16.2 Å². The Morgan fingerprint density at radius 2 is 1.95 bits per heavy atom. The van der Waals surface area contributed by atoms with Crippen LogP contribution >= 0.6 is 0 Å². The van der Waals surface area contributed by atoms with Gasteiger partial charge in [0.25, 0.3) is 0 Å². The summed E-state index contributed by atoms with van der Waals surface area (Å²) in [5.41, 5.74) is 1.51. The van der Waals surface area contributed by atoms with Crippen LogP contribution < -0.4 is 10.2 Å². The summed E-state index contributed by atoms with van der Waals surface area (Å²) < 4.78 is 27.1. The van der Waals surface area contributed by atoms with E-state index in [0.29, 0.717) is 87.4 Å². The van der Waals surface area contributed by atoms with Gasteiger partial charge in [-0.2, -0.15) is 9.97 Å². The van der Waals surface area contributed by atoms with E-state index in [4.69, 9.17) is 19.4 Å². The number of fused-ring (bicyclic) bond motifs is 1. The zero-order chi connectivity index (χ0) is 27.4. The second kappa shape index (κ2) is 12.5. The largest absolute Gasteiger partial charge is 0.771 e. The van der Waals surface area contributed by atoms with Gasteiger partial charge < -0.3 is 30.1 Å². The number of morpholine rings is 1. The number of nitrogens with zero attached hydrogens (tertiary/aromatic N) is 7. The molecule has 2 unspecified atom stereocenters. The van der Waals surface area contributed by atoms with E-state index in [-0.39, 0.29) is 6.04 Å². The maximum absolute atomic E-state index is 14.7. The summed E-state index contributed by atoms with van der Waals surface area (Å²) in [6, 6.07) is 9.37. The molecule has 39 heavy (non-hydrogen) atoms. The highest BCUT2D eigenvalue weighted by atomic mass is 19.1. The van der Waals surface area contributed by atoms with Gasteiger partial charge >= 0.3 is 0 Å². The van der Waals surface area contributed by atoms with Crippen molar-refractivity contribution in [1.29, 1.82) is 0 Å². The Bertz CT molecular complexity index is 1230. The fourth-order valence-electron chi connectivity index (χ4n) is 5.08. The van der Waals surface area contributed by atoms with Crippen LogP contribution in [0.25, 0.3) is 16.9 Å². The Morgan fingerprint density at radius 1 is 1.18 bits per heavy atom. The van der Waals surface area contributed by atoms with E-state index in [0.717, 1.165) is 23.5 Å². The summed E-state index contributed by atoms with van der Waals surface area (Å²) in [6.45, 7) is 8.71. The van der Waals surface area contributed by atoms with E-state index in [1.54, 1.807) is 11.7 Å². The molecule has 12 heteroatoms. The highest BCUT2D eigenvalue weighted by molar-refractivity contribution is 5.78. The van der Waals surface area contributed by atoms with Crippen LogP contribution in [0.15, 0.2) is 30.3 Å². The fraction of sp³-hybridized carbons (Fsp3) is 0.593. The Hall–Kier alpha value is -2.90. The quantitative estimate of drug-likeness (QED) is 0.270. The number of rotatable bonds is 12. The molecule has 0 amide bonds. The Morgan fingerprint density at radius 3 is 2.69 bits per heavy atom. The lowest BCUT2D eigenvalue weighted by atomic mass is 10.0. The number of aromatic nitrogens is 4. The number of nitrogens with one attached hydrogen (secondary N) is 1. The maximum atomic E-state index is 14.7. The van der Waals surface area contributed by atoms with Gasteiger partial charge in [0.05, 0.1) is 24.2 Å². The molecule has 2 atom stereocenters. The first-order valence-corrected chi connectivity index (χ1v) is 13.7.